The van der Waals surface area contributed by atoms with E-state index >= 15 is 0 Å². The number of carbonyl (C=O) groups is 1. The van der Waals surface area contributed by atoms with E-state index < -0.39 is 11.4 Å². The van der Waals surface area contributed by atoms with Gasteiger partial charge >= 0.3 is 5.97 Å². The first-order valence-corrected chi connectivity index (χ1v) is 12.0. The third kappa shape index (κ3) is 4.37. The Bertz CT molecular complexity index is 1620. The minimum Gasteiger partial charge on any atom is -0.508 e. The van der Waals surface area contributed by atoms with Crippen molar-refractivity contribution < 1.29 is 14.6 Å². The number of rotatable bonds is 2. The molecule has 0 bridgehead atoms. The number of phenolic OH excluding ortho intramolecular Hbond substituents is 1. The highest BCUT2D eigenvalue weighted by molar-refractivity contribution is 6.08. The Kier molecular flexibility index (Phi) is 6.23. The minimum atomic E-state index is -0.649. The van der Waals surface area contributed by atoms with E-state index in [4.69, 9.17) is 4.74 Å². The SMILES string of the molecule is CCOC(=O)c1c[nH]c2cc(O)ccc2c1=O.c1ccc2c(c1)ccc1c3c(ccc12)CCCC3. The van der Waals surface area contributed by atoms with Crippen LogP contribution in [0.5, 0.6) is 5.75 Å². The number of hydrogen-bond donors (Lipinski definition) is 2. The lowest BCUT2D eigenvalue weighted by Crippen LogP contribution is -2.18. The molecule has 2 N–H and O–H groups in total. The molecule has 176 valence electrons. The average molecular weight is 466 g/mol. The topological polar surface area (TPSA) is 79.4 Å². The molecule has 0 spiro atoms. The fourth-order valence-electron chi connectivity index (χ4n) is 4.91. The number of hydrogen-bond acceptors (Lipinski definition) is 4. The number of esters is 1. The summed E-state index contributed by atoms with van der Waals surface area (Å²) in [6.07, 6.45) is 6.51. The van der Waals surface area contributed by atoms with E-state index in [2.05, 4.69) is 53.5 Å². The van der Waals surface area contributed by atoms with E-state index in [1.165, 1.54) is 71.6 Å². The summed E-state index contributed by atoms with van der Waals surface area (Å²) in [5.41, 5.74) is 3.21. The predicted molar refractivity (Wildman–Crippen MR) is 140 cm³/mol. The van der Waals surface area contributed by atoms with Gasteiger partial charge < -0.3 is 14.8 Å². The van der Waals surface area contributed by atoms with Gasteiger partial charge in [-0.2, -0.15) is 0 Å². The zero-order chi connectivity index (χ0) is 24.4. The summed E-state index contributed by atoms with van der Waals surface area (Å²) in [5, 5.41) is 15.3. The average Bonchev–Trinajstić information content (AvgIpc) is 2.89. The molecule has 0 unspecified atom stereocenters. The number of ether oxygens (including phenoxy) is 1. The van der Waals surface area contributed by atoms with E-state index in [1.54, 1.807) is 18.1 Å². The normalized spacial score (nSPS) is 12.7. The van der Waals surface area contributed by atoms with Crippen LogP contribution in [0.3, 0.4) is 0 Å². The van der Waals surface area contributed by atoms with Crippen LogP contribution in [0.25, 0.3) is 32.4 Å². The highest BCUT2D eigenvalue weighted by atomic mass is 16.5. The van der Waals surface area contributed by atoms with E-state index in [0.29, 0.717) is 10.9 Å². The first-order chi connectivity index (χ1) is 17.1. The summed E-state index contributed by atoms with van der Waals surface area (Å²) in [6, 6.07) is 22.2. The number of fused-ring (bicyclic) bond motifs is 6. The van der Waals surface area contributed by atoms with Gasteiger partial charge in [0.15, 0.2) is 0 Å². The van der Waals surface area contributed by atoms with Crippen molar-refractivity contribution in [3.05, 3.63) is 99.8 Å². The van der Waals surface area contributed by atoms with Crippen LogP contribution >= 0.6 is 0 Å². The number of aromatic nitrogens is 1. The number of phenols is 1. The van der Waals surface area contributed by atoms with Crippen LogP contribution in [-0.2, 0) is 17.6 Å². The van der Waals surface area contributed by atoms with Gasteiger partial charge in [0, 0.05) is 17.6 Å². The van der Waals surface area contributed by atoms with Crippen molar-refractivity contribution in [1.29, 1.82) is 0 Å². The third-order valence-electron chi connectivity index (χ3n) is 6.62. The maximum absolute atomic E-state index is 12.0. The lowest BCUT2D eigenvalue weighted by molar-refractivity contribution is 0.0524. The number of carbonyl (C=O) groups excluding carboxylic acids is 1. The lowest BCUT2D eigenvalue weighted by Gasteiger charge is -2.18. The van der Waals surface area contributed by atoms with Crippen LogP contribution < -0.4 is 5.43 Å². The largest absolute Gasteiger partial charge is 0.508 e. The second kappa shape index (κ2) is 9.63. The van der Waals surface area contributed by atoms with E-state index in [9.17, 15) is 14.7 Å². The molecule has 0 saturated heterocycles. The van der Waals surface area contributed by atoms with Crippen molar-refractivity contribution in [2.45, 2.75) is 32.6 Å². The molecule has 0 fully saturated rings. The summed E-state index contributed by atoms with van der Waals surface area (Å²) >= 11 is 0. The van der Waals surface area contributed by atoms with Crippen molar-refractivity contribution in [2.24, 2.45) is 0 Å². The predicted octanol–water partition coefficient (Wildman–Crippen LogP) is 6.28. The van der Waals surface area contributed by atoms with Gasteiger partial charge in [0.2, 0.25) is 5.43 Å². The Morgan fingerprint density at radius 3 is 2.54 bits per heavy atom. The van der Waals surface area contributed by atoms with Gasteiger partial charge in [0.05, 0.1) is 12.1 Å². The lowest BCUT2D eigenvalue weighted by atomic mass is 9.86. The van der Waals surface area contributed by atoms with Crippen LogP contribution in [0.2, 0.25) is 0 Å². The van der Waals surface area contributed by atoms with Gasteiger partial charge in [-0.3, -0.25) is 4.79 Å². The molecule has 1 aromatic heterocycles. The number of H-pyrrole nitrogens is 1. The van der Waals surface area contributed by atoms with E-state index in [1.807, 2.05) is 0 Å². The maximum Gasteiger partial charge on any atom is 0.343 e. The van der Waals surface area contributed by atoms with Crippen molar-refractivity contribution in [3.63, 3.8) is 0 Å². The number of nitrogens with one attached hydrogen (secondary N) is 1. The van der Waals surface area contributed by atoms with Gasteiger partial charge in [-0.05, 0) is 77.4 Å². The van der Waals surface area contributed by atoms with Crippen molar-refractivity contribution in [2.75, 3.05) is 6.61 Å². The highest BCUT2D eigenvalue weighted by Crippen LogP contribution is 2.33. The van der Waals surface area contributed by atoms with Crippen molar-refractivity contribution in [3.8, 4) is 5.75 Å². The van der Waals surface area contributed by atoms with Crippen LogP contribution in [0, 0.1) is 0 Å². The van der Waals surface area contributed by atoms with Crippen LogP contribution in [0.15, 0.2) is 77.7 Å². The second-order valence-electron chi connectivity index (χ2n) is 8.77. The Labute approximate surface area is 203 Å². The summed E-state index contributed by atoms with van der Waals surface area (Å²) in [4.78, 5) is 26.2. The first-order valence-electron chi connectivity index (χ1n) is 12.0. The van der Waals surface area contributed by atoms with Crippen LogP contribution in [-0.4, -0.2) is 22.7 Å². The molecule has 1 aliphatic carbocycles. The van der Waals surface area contributed by atoms with Crippen LogP contribution in [0.4, 0.5) is 0 Å². The molecule has 6 rings (SSSR count). The fourth-order valence-corrected chi connectivity index (χ4v) is 4.91. The molecule has 5 aromatic rings. The Hall–Kier alpha value is -4.12. The quantitative estimate of drug-likeness (QED) is 0.237. The number of aromatic amines is 1. The van der Waals surface area contributed by atoms with Gasteiger partial charge in [-0.1, -0.05) is 48.5 Å². The number of aromatic hydroxyl groups is 1. The summed E-state index contributed by atoms with van der Waals surface area (Å²) in [7, 11) is 0. The molecule has 4 aromatic carbocycles. The van der Waals surface area contributed by atoms with E-state index in [-0.39, 0.29) is 17.9 Å². The number of benzene rings is 4. The fraction of sp³-hybridized carbons (Fsp3) is 0.200. The molecule has 0 saturated carbocycles. The molecule has 5 nitrogen and oxygen atoms in total. The third-order valence-corrected chi connectivity index (χ3v) is 6.62. The zero-order valence-electron chi connectivity index (χ0n) is 19.6. The van der Waals surface area contributed by atoms with Crippen molar-refractivity contribution >= 4 is 38.4 Å². The zero-order valence-corrected chi connectivity index (χ0v) is 19.6. The summed E-state index contributed by atoms with van der Waals surface area (Å²) < 4.78 is 4.77. The summed E-state index contributed by atoms with van der Waals surface area (Å²) in [5.74, 6) is -0.597. The molecule has 0 amide bonds. The molecule has 1 aliphatic rings. The standard InChI is InChI=1S/C18H16.C12H11NO4/c1-3-7-15-13(5-1)9-11-18-16-8-4-2-6-14(16)10-12-17(15)18;1-2-17-12(16)9-6-13-10-5-7(14)3-4-8(10)11(9)15/h1,3,5,7,9-12H,2,4,6,8H2;3-6,14H,2H2,1H3,(H,13,15). The molecule has 0 aliphatic heterocycles. The molecular formula is C30H27NO4. The Balaban J connectivity index is 0.000000145. The molecule has 0 radical (unpaired) electrons. The van der Waals surface area contributed by atoms with Gasteiger partial charge in [0.1, 0.15) is 11.3 Å². The van der Waals surface area contributed by atoms with Gasteiger partial charge in [0.25, 0.3) is 0 Å². The minimum absolute atomic E-state index is 0.0370. The number of pyridine rings is 1. The number of aryl methyl sites for hydroxylation is 2. The van der Waals surface area contributed by atoms with Crippen LogP contribution in [0.1, 0.15) is 41.3 Å². The van der Waals surface area contributed by atoms with Gasteiger partial charge in [-0.15, -0.1) is 0 Å². The molecule has 5 heteroatoms. The Morgan fingerprint density at radius 2 is 1.69 bits per heavy atom. The second-order valence-corrected chi connectivity index (χ2v) is 8.77. The van der Waals surface area contributed by atoms with Crippen molar-refractivity contribution in [1.82, 2.24) is 4.98 Å². The molecule has 1 heterocycles. The first kappa shape index (κ1) is 22.7. The molecular weight excluding hydrogens is 438 g/mol. The van der Waals surface area contributed by atoms with Gasteiger partial charge in [-0.25, -0.2) is 4.79 Å². The molecule has 0 atom stereocenters. The monoisotopic (exact) mass is 465 g/mol. The Morgan fingerprint density at radius 1 is 0.914 bits per heavy atom. The van der Waals surface area contributed by atoms with E-state index in [0.717, 1.165) is 0 Å². The summed E-state index contributed by atoms with van der Waals surface area (Å²) in [6.45, 7) is 1.89. The highest BCUT2D eigenvalue weighted by Gasteiger charge is 2.14. The maximum atomic E-state index is 12.0. The molecule has 35 heavy (non-hydrogen) atoms. The smallest absolute Gasteiger partial charge is 0.343 e.